The van der Waals surface area contributed by atoms with Crippen molar-refractivity contribution in [1.29, 1.82) is 0 Å². The van der Waals surface area contributed by atoms with Gasteiger partial charge >= 0.3 is 0 Å². The molecule has 0 aliphatic carbocycles. The van der Waals surface area contributed by atoms with Crippen molar-refractivity contribution >= 4 is 28.9 Å². The summed E-state index contributed by atoms with van der Waals surface area (Å²) in [6.45, 7) is 1.03. The first-order chi connectivity index (χ1) is 9.72. The lowest BCUT2D eigenvalue weighted by atomic mass is 10.1. The third kappa shape index (κ3) is 2.88. The Hall–Kier alpha value is -1.73. The highest BCUT2D eigenvalue weighted by Crippen LogP contribution is 2.32. The van der Waals surface area contributed by atoms with Crippen LogP contribution in [0.1, 0.15) is 10.4 Å². The average molecular weight is 309 g/mol. The molecule has 0 saturated carbocycles. The number of carbonyl (C=O) groups excluding carboxylic acids is 1. The van der Waals surface area contributed by atoms with Crippen LogP contribution in [0, 0.1) is 0 Å². The van der Waals surface area contributed by atoms with Gasteiger partial charge in [0.2, 0.25) is 5.88 Å². The highest BCUT2D eigenvalue weighted by molar-refractivity contribution is 8.01. The molecule has 0 amide bonds. The number of hydrogen-bond acceptors (Lipinski definition) is 7. The molecule has 1 aliphatic rings. The molecule has 0 atom stereocenters. The molecule has 7 heteroatoms. The maximum atomic E-state index is 12.1. The molecule has 0 spiro atoms. The number of ketones is 1. The fourth-order valence-electron chi connectivity index (χ4n) is 1.74. The third-order valence-electron chi connectivity index (χ3n) is 2.66. The van der Waals surface area contributed by atoms with Crippen LogP contribution < -0.4 is 9.47 Å². The quantitative estimate of drug-likeness (QED) is 0.691. The molecule has 2 aromatic rings. The van der Waals surface area contributed by atoms with Crippen molar-refractivity contribution in [3.05, 3.63) is 29.1 Å². The van der Waals surface area contributed by atoms with E-state index in [0.717, 1.165) is 0 Å². The Morgan fingerprint density at radius 3 is 2.90 bits per heavy atom. The maximum Gasteiger partial charge on any atom is 0.222 e. The highest BCUT2D eigenvalue weighted by Gasteiger charge is 2.15. The number of aromatic hydroxyl groups is 1. The second kappa shape index (κ2) is 5.72. The predicted molar refractivity (Wildman–Crippen MR) is 76.3 cm³/mol. The first-order valence-electron chi connectivity index (χ1n) is 5.92. The molecule has 0 radical (unpaired) electrons. The molecule has 0 saturated heterocycles. The van der Waals surface area contributed by atoms with Gasteiger partial charge in [-0.15, -0.1) is 11.3 Å². The van der Waals surface area contributed by atoms with Crippen molar-refractivity contribution < 1.29 is 19.4 Å². The van der Waals surface area contributed by atoms with Gasteiger partial charge in [-0.3, -0.25) is 4.79 Å². The van der Waals surface area contributed by atoms with Crippen LogP contribution in [0.5, 0.6) is 17.4 Å². The smallest absolute Gasteiger partial charge is 0.222 e. The summed E-state index contributed by atoms with van der Waals surface area (Å²) in [6.07, 6.45) is 0. The van der Waals surface area contributed by atoms with Crippen molar-refractivity contribution in [3.63, 3.8) is 0 Å². The molecule has 1 aromatic carbocycles. The van der Waals surface area contributed by atoms with E-state index in [0.29, 0.717) is 34.6 Å². The van der Waals surface area contributed by atoms with E-state index in [2.05, 4.69) is 4.98 Å². The number of ether oxygens (including phenoxy) is 2. The average Bonchev–Trinajstić information content (AvgIpc) is 2.90. The third-order valence-corrected chi connectivity index (χ3v) is 4.67. The summed E-state index contributed by atoms with van der Waals surface area (Å²) >= 11 is 2.62. The first-order valence-corrected chi connectivity index (χ1v) is 7.79. The standard InChI is InChI=1S/C13H11NO4S2/c15-9(6-19-13-14-12(16)7-20-13)8-1-2-10-11(5-8)18-4-3-17-10/h1-2,5,7,16H,3-4,6H2. The molecule has 3 rings (SSSR count). The number of carbonyl (C=O) groups is 1. The molecule has 0 unspecified atom stereocenters. The lowest BCUT2D eigenvalue weighted by Gasteiger charge is -2.18. The van der Waals surface area contributed by atoms with Crippen molar-refractivity contribution in [2.75, 3.05) is 19.0 Å². The number of aromatic nitrogens is 1. The Kier molecular flexibility index (Phi) is 3.79. The summed E-state index contributed by atoms with van der Waals surface area (Å²) in [5.41, 5.74) is 0.586. The minimum Gasteiger partial charge on any atom is -0.493 e. The summed E-state index contributed by atoms with van der Waals surface area (Å²) < 4.78 is 11.5. The number of Topliss-reactive ketones (excluding diaryl/α,β-unsaturated/α-hetero) is 1. The summed E-state index contributed by atoms with van der Waals surface area (Å²) in [5.74, 6) is 1.53. The van der Waals surface area contributed by atoms with Crippen LogP contribution in [0.4, 0.5) is 0 Å². The lowest BCUT2D eigenvalue weighted by Crippen LogP contribution is -2.16. The van der Waals surface area contributed by atoms with Crippen LogP contribution in [-0.2, 0) is 0 Å². The summed E-state index contributed by atoms with van der Waals surface area (Å²) in [5, 5.41) is 10.7. The van der Waals surface area contributed by atoms with Crippen molar-refractivity contribution in [1.82, 2.24) is 4.98 Å². The molecule has 20 heavy (non-hydrogen) atoms. The monoisotopic (exact) mass is 309 g/mol. The number of nitrogens with zero attached hydrogens (tertiary/aromatic N) is 1. The van der Waals surface area contributed by atoms with E-state index in [9.17, 15) is 4.79 Å². The molecule has 1 aromatic heterocycles. The Bertz CT molecular complexity index is 641. The molecule has 2 heterocycles. The fourth-order valence-corrected chi connectivity index (χ4v) is 3.32. The zero-order chi connectivity index (χ0) is 13.9. The van der Waals surface area contributed by atoms with Gasteiger partial charge in [0, 0.05) is 5.56 Å². The molecule has 5 nitrogen and oxygen atoms in total. The zero-order valence-electron chi connectivity index (χ0n) is 10.4. The van der Waals surface area contributed by atoms with E-state index in [4.69, 9.17) is 14.6 Å². The van der Waals surface area contributed by atoms with Crippen molar-refractivity contribution in [2.24, 2.45) is 0 Å². The predicted octanol–water partition coefficient (Wildman–Crippen LogP) is 2.59. The second-order valence-electron chi connectivity index (χ2n) is 4.04. The lowest BCUT2D eigenvalue weighted by molar-refractivity contribution is 0.102. The number of benzene rings is 1. The van der Waals surface area contributed by atoms with Crippen LogP contribution in [0.25, 0.3) is 0 Å². The van der Waals surface area contributed by atoms with E-state index in [1.54, 1.807) is 18.2 Å². The van der Waals surface area contributed by atoms with Gasteiger partial charge in [0.25, 0.3) is 0 Å². The van der Waals surface area contributed by atoms with E-state index in [1.807, 2.05) is 0 Å². The number of hydrogen-bond donors (Lipinski definition) is 1. The minimum absolute atomic E-state index is 0.00993. The van der Waals surface area contributed by atoms with Gasteiger partial charge < -0.3 is 14.6 Å². The Labute approximate surface area is 123 Å². The number of fused-ring (bicyclic) bond motifs is 1. The topological polar surface area (TPSA) is 68.7 Å². The van der Waals surface area contributed by atoms with Gasteiger partial charge in [-0.25, -0.2) is 0 Å². The first kappa shape index (κ1) is 13.3. The highest BCUT2D eigenvalue weighted by atomic mass is 32.2. The second-order valence-corrected chi connectivity index (χ2v) is 6.12. The van der Waals surface area contributed by atoms with Crippen LogP contribution >= 0.6 is 23.1 Å². The van der Waals surface area contributed by atoms with E-state index in [-0.39, 0.29) is 17.4 Å². The van der Waals surface area contributed by atoms with Crippen molar-refractivity contribution in [3.8, 4) is 17.4 Å². The molecule has 1 N–H and O–H groups in total. The SMILES string of the molecule is O=C(CSc1nc(O)cs1)c1ccc2c(c1)OCCO2. The van der Waals surface area contributed by atoms with Gasteiger partial charge in [0.1, 0.15) is 13.2 Å². The van der Waals surface area contributed by atoms with Gasteiger partial charge in [-0.05, 0) is 18.2 Å². The Morgan fingerprint density at radius 2 is 2.15 bits per heavy atom. The van der Waals surface area contributed by atoms with Crippen LogP contribution in [0.2, 0.25) is 0 Å². The summed E-state index contributed by atoms with van der Waals surface area (Å²) in [6, 6.07) is 5.19. The van der Waals surface area contributed by atoms with E-state index >= 15 is 0 Å². The molecule has 0 bridgehead atoms. The number of thioether (sulfide) groups is 1. The van der Waals surface area contributed by atoms with E-state index < -0.39 is 0 Å². The molecule has 1 aliphatic heterocycles. The van der Waals surface area contributed by atoms with Crippen LogP contribution in [-0.4, -0.2) is 34.8 Å². The van der Waals surface area contributed by atoms with Gasteiger partial charge in [-0.1, -0.05) is 11.8 Å². The normalized spacial score (nSPS) is 13.2. The molecule has 0 fully saturated rings. The van der Waals surface area contributed by atoms with Gasteiger partial charge in [0.05, 0.1) is 11.1 Å². The van der Waals surface area contributed by atoms with E-state index in [1.165, 1.54) is 28.5 Å². The minimum atomic E-state index is -0.0123. The Balaban J connectivity index is 1.67. The number of rotatable bonds is 4. The largest absolute Gasteiger partial charge is 0.493 e. The van der Waals surface area contributed by atoms with Crippen LogP contribution in [0.3, 0.4) is 0 Å². The summed E-state index contributed by atoms with van der Waals surface area (Å²) in [7, 11) is 0. The van der Waals surface area contributed by atoms with Crippen LogP contribution in [0.15, 0.2) is 27.9 Å². The molecular formula is C13H11NO4S2. The molecular weight excluding hydrogens is 298 g/mol. The van der Waals surface area contributed by atoms with Gasteiger partial charge in [0.15, 0.2) is 21.6 Å². The Morgan fingerprint density at radius 1 is 1.35 bits per heavy atom. The zero-order valence-corrected chi connectivity index (χ0v) is 12.0. The summed E-state index contributed by atoms with van der Waals surface area (Å²) in [4.78, 5) is 16.0. The molecule has 104 valence electrons. The van der Waals surface area contributed by atoms with Gasteiger partial charge in [-0.2, -0.15) is 4.98 Å². The maximum absolute atomic E-state index is 12.1. The van der Waals surface area contributed by atoms with Crippen molar-refractivity contribution in [2.45, 2.75) is 4.34 Å². The number of thiazole rings is 1. The fraction of sp³-hybridized carbons (Fsp3) is 0.231.